The van der Waals surface area contributed by atoms with Crippen molar-refractivity contribution in [2.24, 2.45) is 0 Å². The van der Waals surface area contributed by atoms with Gasteiger partial charge in [-0.3, -0.25) is 0 Å². The van der Waals surface area contributed by atoms with E-state index < -0.39 is 29.5 Å². The van der Waals surface area contributed by atoms with Crippen molar-refractivity contribution in [2.45, 2.75) is 18.9 Å². The molecule has 2 amide bonds. The van der Waals surface area contributed by atoms with Gasteiger partial charge in [-0.15, -0.1) is 0 Å². The van der Waals surface area contributed by atoms with Gasteiger partial charge in [-0.25, -0.2) is 4.79 Å². The van der Waals surface area contributed by atoms with Crippen LogP contribution in [0.5, 0.6) is 0 Å². The average molecular weight is 328 g/mol. The molecular weight excluding hydrogens is 314 g/mol. The summed E-state index contributed by atoms with van der Waals surface area (Å²) in [5, 5.41) is 0. The molecule has 3 nitrogen and oxygen atoms in total. The highest BCUT2D eigenvalue weighted by atomic mass is 19.4. The van der Waals surface area contributed by atoms with Gasteiger partial charge in [0, 0.05) is 27.7 Å². The summed E-state index contributed by atoms with van der Waals surface area (Å²) in [5.41, 5.74) is -3.05. The third-order valence-electron chi connectivity index (χ3n) is 2.78. The Morgan fingerprint density at radius 3 is 1.64 bits per heavy atom. The van der Waals surface area contributed by atoms with Crippen molar-refractivity contribution in [1.82, 2.24) is 9.80 Å². The first kappa shape index (κ1) is 18.1. The smallest absolute Gasteiger partial charge is 0.331 e. The van der Waals surface area contributed by atoms with Crippen molar-refractivity contribution in [3.05, 3.63) is 34.9 Å². The third kappa shape index (κ3) is 4.54. The Morgan fingerprint density at radius 1 is 0.909 bits per heavy atom. The van der Waals surface area contributed by atoms with Crippen molar-refractivity contribution in [1.29, 1.82) is 0 Å². The SMILES string of the molecule is CN(C)C(=O)N(C)Cc1cc(C(F)(F)F)cc(C(F)(F)F)c1. The largest absolute Gasteiger partial charge is 0.416 e. The first-order chi connectivity index (χ1) is 9.82. The Hall–Kier alpha value is -1.93. The van der Waals surface area contributed by atoms with E-state index in [1.165, 1.54) is 21.1 Å². The minimum Gasteiger partial charge on any atom is -0.331 e. The molecule has 0 N–H and O–H groups in total. The molecule has 0 aromatic heterocycles. The first-order valence-electron chi connectivity index (χ1n) is 6.03. The number of hydrogen-bond acceptors (Lipinski definition) is 1. The zero-order valence-corrected chi connectivity index (χ0v) is 12.0. The van der Waals surface area contributed by atoms with Crippen molar-refractivity contribution < 1.29 is 31.1 Å². The maximum absolute atomic E-state index is 12.7. The molecule has 0 bridgehead atoms. The molecule has 0 unspecified atom stereocenters. The van der Waals surface area contributed by atoms with Crippen LogP contribution in [0.3, 0.4) is 0 Å². The molecule has 0 saturated heterocycles. The minimum atomic E-state index is -4.90. The van der Waals surface area contributed by atoms with E-state index in [4.69, 9.17) is 0 Å². The zero-order chi connectivity index (χ0) is 17.3. The second-order valence-corrected chi connectivity index (χ2v) is 4.95. The number of hydrogen-bond donors (Lipinski definition) is 0. The highest BCUT2D eigenvalue weighted by molar-refractivity contribution is 5.73. The molecule has 0 aliphatic carbocycles. The minimum absolute atomic E-state index is 0.0528. The topological polar surface area (TPSA) is 23.6 Å². The Balaban J connectivity index is 3.22. The fourth-order valence-electron chi connectivity index (χ4n) is 1.79. The zero-order valence-electron chi connectivity index (χ0n) is 12.0. The second kappa shape index (κ2) is 6.05. The van der Waals surface area contributed by atoms with Crippen molar-refractivity contribution in [2.75, 3.05) is 21.1 Å². The average Bonchev–Trinajstić information content (AvgIpc) is 2.35. The van der Waals surface area contributed by atoms with Crippen LogP contribution in [0.15, 0.2) is 18.2 Å². The molecule has 1 aromatic carbocycles. The van der Waals surface area contributed by atoms with E-state index in [0.29, 0.717) is 12.1 Å². The van der Waals surface area contributed by atoms with Gasteiger partial charge in [0.05, 0.1) is 11.1 Å². The number of rotatable bonds is 2. The van der Waals surface area contributed by atoms with Crippen LogP contribution in [0.25, 0.3) is 0 Å². The van der Waals surface area contributed by atoms with Gasteiger partial charge in [-0.1, -0.05) is 0 Å². The van der Waals surface area contributed by atoms with Crippen molar-refractivity contribution in [3.8, 4) is 0 Å². The van der Waals surface area contributed by atoms with E-state index in [-0.39, 0.29) is 18.2 Å². The van der Waals surface area contributed by atoms with Gasteiger partial charge < -0.3 is 9.80 Å². The summed E-state index contributed by atoms with van der Waals surface area (Å²) in [6, 6.07) is 0.728. The summed E-state index contributed by atoms with van der Waals surface area (Å²) in [7, 11) is 4.13. The maximum atomic E-state index is 12.7. The van der Waals surface area contributed by atoms with Gasteiger partial charge in [-0.2, -0.15) is 26.3 Å². The van der Waals surface area contributed by atoms with E-state index >= 15 is 0 Å². The third-order valence-corrected chi connectivity index (χ3v) is 2.78. The molecule has 0 aliphatic rings. The number of urea groups is 1. The molecular formula is C13H14F6N2O. The van der Waals surface area contributed by atoms with Crippen LogP contribution < -0.4 is 0 Å². The van der Waals surface area contributed by atoms with Gasteiger partial charge >= 0.3 is 18.4 Å². The van der Waals surface area contributed by atoms with E-state index in [1.807, 2.05) is 0 Å². The molecule has 0 atom stereocenters. The molecule has 0 fully saturated rings. The summed E-state index contributed by atoms with van der Waals surface area (Å²) in [6.07, 6.45) is -9.81. The molecule has 0 aliphatic heterocycles. The van der Waals surface area contributed by atoms with E-state index in [9.17, 15) is 31.1 Å². The maximum Gasteiger partial charge on any atom is 0.416 e. The van der Waals surface area contributed by atoms with Crippen molar-refractivity contribution >= 4 is 6.03 Å². The van der Waals surface area contributed by atoms with E-state index in [2.05, 4.69) is 0 Å². The van der Waals surface area contributed by atoms with Crippen LogP contribution in [0.1, 0.15) is 16.7 Å². The van der Waals surface area contributed by atoms with Crippen LogP contribution in [0, 0.1) is 0 Å². The number of halogens is 6. The number of carbonyl (C=O) groups excluding carboxylic acids is 1. The molecule has 0 radical (unpaired) electrons. The summed E-state index contributed by atoms with van der Waals surface area (Å²) < 4.78 is 76.2. The Morgan fingerprint density at radius 2 is 1.32 bits per heavy atom. The van der Waals surface area contributed by atoms with Gasteiger partial charge in [0.15, 0.2) is 0 Å². The molecule has 0 heterocycles. The molecule has 22 heavy (non-hydrogen) atoms. The number of alkyl halides is 6. The van der Waals surface area contributed by atoms with Crippen LogP contribution >= 0.6 is 0 Å². The summed E-state index contributed by atoms with van der Waals surface area (Å²) in [5.74, 6) is 0. The lowest BCUT2D eigenvalue weighted by Crippen LogP contribution is -2.35. The lowest BCUT2D eigenvalue weighted by Gasteiger charge is -2.23. The molecule has 0 saturated carbocycles. The van der Waals surface area contributed by atoms with Gasteiger partial charge in [0.2, 0.25) is 0 Å². The molecule has 1 aromatic rings. The summed E-state index contributed by atoms with van der Waals surface area (Å²) >= 11 is 0. The highest BCUT2D eigenvalue weighted by Crippen LogP contribution is 2.36. The lowest BCUT2D eigenvalue weighted by molar-refractivity contribution is -0.143. The van der Waals surface area contributed by atoms with E-state index in [1.54, 1.807) is 0 Å². The normalized spacial score (nSPS) is 12.2. The predicted molar refractivity (Wildman–Crippen MR) is 67.0 cm³/mol. The van der Waals surface area contributed by atoms with E-state index in [0.717, 1.165) is 9.80 Å². The van der Waals surface area contributed by atoms with Gasteiger partial charge in [-0.05, 0) is 23.8 Å². The van der Waals surface area contributed by atoms with Gasteiger partial charge in [0.25, 0.3) is 0 Å². The van der Waals surface area contributed by atoms with Gasteiger partial charge in [0.1, 0.15) is 0 Å². The number of carbonyl (C=O) groups is 1. The summed E-state index contributed by atoms with van der Waals surface area (Å²) in [6.45, 7) is -0.371. The number of nitrogens with zero attached hydrogens (tertiary/aromatic N) is 2. The molecule has 9 heteroatoms. The predicted octanol–water partition coefficient (Wildman–Crippen LogP) is 3.84. The standard InChI is InChI=1S/C13H14F6N2O/c1-20(2)11(22)21(3)7-8-4-9(12(14,15)16)6-10(5-8)13(17,18)19/h4-6H,7H2,1-3H3. The van der Waals surface area contributed by atoms with Crippen molar-refractivity contribution in [3.63, 3.8) is 0 Å². The Kier molecular flexibility index (Phi) is 4.99. The first-order valence-corrected chi connectivity index (χ1v) is 6.03. The highest BCUT2D eigenvalue weighted by Gasteiger charge is 2.37. The Labute approximate surface area is 123 Å². The lowest BCUT2D eigenvalue weighted by atomic mass is 10.0. The fraction of sp³-hybridized carbons (Fsp3) is 0.462. The number of benzene rings is 1. The molecule has 124 valence electrons. The summed E-state index contributed by atoms with van der Waals surface area (Å²) in [4.78, 5) is 13.8. The number of amides is 2. The van der Waals surface area contributed by atoms with Crippen LogP contribution in [-0.2, 0) is 18.9 Å². The molecule has 0 spiro atoms. The van der Waals surface area contributed by atoms with Crippen LogP contribution in [0.4, 0.5) is 31.1 Å². The molecule has 1 rings (SSSR count). The fourth-order valence-corrected chi connectivity index (χ4v) is 1.79. The quantitative estimate of drug-likeness (QED) is 0.757. The Bertz CT molecular complexity index is 518. The second-order valence-electron chi connectivity index (χ2n) is 4.95. The van der Waals surface area contributed by atoms with Crippen LogP contribution in [-0.4, -0.2) is 37.0 Å². The monoisotopic (exact) mass is 328 g/mol. The van der Waals surface area contributed by atoms with Crippen LogP contribution in [0.2, 0.25) is 0 Å².